The smallest absolute Gasteiger partial charge is 0.507 e. The maximum absolute atomic E-state index is 12.4. The topological polar surface area (TPSA) is 29.5 Å². The monoisotopic (exact) mass is 274 g/mol. The van der Waals surface area contributed by atoms with Crippen LogP contribution < -0.4 is 4.65 Å². The Bertz CT molecular complexity index is 602. The molecule has 5 heteroatoms. The fourth-order valence-electron chi connectivity index (χ4n) is 1.80. The number of benzene rings is 1. The van der Waals surface area contributed by atoms with Crippen molar-refractivity contribution < 1.29 is 18.4 Å². The molecule has 1 N–H and O–H groups in total. The van der Waals surface area contributed by atoms with Crippen LogP contribution in [-0.4, -0.2) is 12.6 Å². The quantitative estimate of drug-likeness (QED) is 0.657. The summed E-state index contributed by atoms with van der Waals surface area (Å²) in [4.78, 5) is 0. The highest BCUT2D eigenvalue weighted by molar-refractivity contribution is 6.35. The first-order chi connectivity index (χ1) is 9.56. The van der Waals surface area contributed by atoms with Crippen molar-refractivity contribution in [2.45, 2.75) is 6.92 Å². The average molecular weight is 274 g/mol. The van der Waals surface area contributed by atoms with Gasteiger partial charge in [0.15, 0.2) is 0 Å². The summed E-state index contributed by atoms with van der Waals surface area (Å²) in [7, 11) is -2.93. The first-order valence-electron chi connectivity index (χ1n) is 6.08. The highest BCUT2D eigenvalue weighted by Gasteiger charge is 2.20. The Morgan fingerprint density at radius 1 is 1.25 bits per heavy atom. The van der Waals surface area contributed by atoms with Gasteiger partial charge in [0.2, 0.25) is 0 Å². The predicted molar refractivity (Wildman–Crippen MR) is 76.7 cm³/mol. The van der Waals surface area contributed by atoms with Gasteiger partial charge in [-0.2, -0.15) is 0 Å². The number of rotatable bonds is 4. The number of aliphatic hydroxyl groups excluding tert-OH is 1. The summed E-state index contributed by atoms with van der Waals surface area (Å²) in [5, 5.41) is 10.0. The summed E-state index contributed by atoms with van der Waals surface area (Å²) in [5.74, 6) is -0.161. The van der Waals surface area contributed by atoms with Gasteiger partial charge in [-0.05, 0) is 36.3 Å². The molecule has 0 bridgehead atoms. The molecule has 0 spiro atoms. The Kier molecular flexibility index (Phi) is 4.40. The summed E-state index contributed by atoms with van der Waals surface area (Å²) in [6, 6.07) is 4.74. The van der Waals surface area contributed by atoms with E-state index in [4.69, 9.17) is 0 Å². The van der Waals surface area contributed by atoms with Crippen molar-refractivity contribution in [2.75, 3.05) is 0 Å². The average Bonchev–Trinajstić information content (AvgIpc) is 2.88. The second-order valence-electron chi connectivity index (χ2n) is 4.31. The van der Waals surface area contributed by atoms with Gasteiger partial charge in [0, 0.05) is 0 Å². The SMILES string of the molecule is Cc1ccc(C(O)=CC=C2C=CC=C2)c(OB(F)F)c1. The Labute approximate surface area is 116 Å². The Hall–Kier alpha value is -2.30. The van der Waals surface area contributed by atoms with E-state index in [0.29, 0.717) is 0 Å². The fraction of sp³-hybridized carbons (Fsp3) is 0.0667. The largest absolute Gasteiger partial charge is 0.796 e. The van der Waals surface area contributed by atoms with Gasteiger partial charge in [-0.25, -0.2) is 8.63 Å². The molecular weight excluding hydrogens is 261 g/mol. The molecule has 1 aromatic rings. The lowest BCUT2D eigenvalue weighted by Crippen LogP contribution is -2.10. The van der Waals surface area contributed by atoms with Crippen LogP contribution in [0.1, 0.15) is 11.1 Å². The zero-order valence-electron chi connectivity index (χ0n) is 10.9. The molecule has 2 rings (SSSR count). The van der Waals surface area contributed by atoms with E-state index in [1.807, 2.05) is 24.3 Å². The lowest BCUT2D eigenvalue weighted by atomic mass is 10.1. The molecule has 0 aromatic heterocycles. The fourth-order valence-corrected chi connectivity index (χ4v) is 1.80. The molecule has 102 valence electrons. The molecule has 2 nitrogen and oxygen atoms in total. The van der Waals surface area contributed by atoms with Crippen molar-refractivity contribution in [1.29, 1.82) is 0 Å². The molecule has 1 aliphatic carbocycles. The Morgan fingerprint density at radius 3 is 2.60 bits per heavy atom. The van der Waals surface area contributed by atoms with Crippen LogP contribution in [0.5, 0.6) is 5.75 Å². The van der Waals surface area contributed by atoms with Gasteiger partial charge >= 0.3 is 7.47 Å². The van der Waals surface area contributed by atoms with E-state index in [1.165, 1.54) is 12.1 Å². The molecule has 0 saturated carbocycles. The minimum Gasteiger partial charge on any atom is -0.507 e. The van der Waals surface area contributed by atoms with E-state index in [0.717, 1.165) is 11.1 Å². The maximum Gasteiger partial charge on any atom is 0.796 e. The van der Waals surface area contributed by atoms with E-state index >= 15 is 0 Å². The first-order valence-corrected chi connectivity index (χ1v) is 6.08. The van der Waals surface area contributed by atoms with Gasteiger partial charge in [0.05, 0.1) is 5.56 Å². The summed E-state index contributed by atoms with van der Waals surface area (Å²) < 4.78 is 29.2. The number of aryl methyl sites for hydroxylation is 1. The molecule has 0 amide bonds. The number of hydrogen-bond donors (Lipinski definition) is 1. The Morgan fingerprint density at radius 2 is 1.95 bits per heavy atom. The highest BCUT2D eigenvalue weighted by atomic mass is 19.2. The standard InChI is InChI=1S/C15H13BF2O2/c1-11-6-8-13(15(10-11)20-16(17)18)14(19)9-7-12-4-2-3-5-12/h2-10,19H,1H3. The normalized spacial score (nSPS) is 13.8. The van der Waals surface area contributed by atoms with Crippen molar-refractivity contribution in [1.82, 2.24) is 0 Å². The van der Waals surface area contributed by atoms with Crippen molar-refractivity contribution in [3.05, 3.63) is 71.4 Å². The first kappa shape index (κ1) is 14.1. The second kappa shape index (κ2) is 6.24. The summed E-state index contributed by atoms with van der Waals surface area (Å²) >= 11 is 0. The van der Waals surface area contributed by atoms with Gasteiger partial charge in [0.1, 0.15) is 11.5 Å². The summed E-state index contributed by atoms with van der Waals surface area (Å²) in [5.41, 5.74) is 1.93. The van der Waals surface area contributed by atoms with Crippen molar-refractivity contribution in [3.63, 3.8) is 0 Å². The van der Waals surface area contributed by atoms with Gasteiger partial charge in [-0.3, -0.25) is 0 Å². The van der Waals surface area contributed by atoms with E-state index in [1.54, 1.807) is 25.1 Å². The lowest BCUT2D eigenvalue weighted by Gasteiger charge is -2.10. The molecule has 0 unspecified atom stereocenters. The molecule has 0 aliphatic heterocycles. The third kappa shape index (κ3) is 3.60. The minimum absolute atomic E-state index is 0.0374. The molecule has 0 saturated heterocycles. The molecule has 0 atom stereocenters. The number of aliphatic hydroxyl groups is 1. The van der Waals surface area contributed by atoms with E-state index in [9.17, 15) is 13.7 Å². The van der Waals surface area contributed by atoms with Crippen LogP contribution in [0, 0.1) is 6.92 Å². The number of allylic oxidation sites excluding steroid dienone is 7. The predicted octanol–water partition coefficient (Wildman–Crippen LogP) is 4.25. The maximum atomic E-state index is 12.4. The molecule has 1 aliphatic rings. The number of hydrogen-bond acceptors (Lipinski definition) is 2. The van der Waals surface area contributed by atoms with Crippen LogP contribution in [0.15, 0.2) is 60.2 Å². The Balaban J connectivity index is 2.31. The van der Waals surface area contributed by atoms with Crippen LogP contribution in [0.3, 0.4) is 0 Å². The van der Waals surface area contributed by atoms with Gasteiger partial charge in [-0.1, -0.05) is 36.4 Å². The highest BCUT2D eigenvalue weighted by Crippen LogP contribution is 2.27. The van der Waals surface area contributed by atoms with E-state index < -0.39 is 7.47 Å². The summed E-state index contributed by atoms with van der Waals surface area (Å²) in [6.45, 7) is 1.76. The van der Waals surface area contributed by atoms with Crippen LogP contribution in [0.25, 0.3) is 5.76 Å². The molecule has 0 fully saturated rings. The molecule has 0 radical (unpaired) electrons. The van der Waals surface area contributed by atoms with Gasteiger partial charge in [-0.15, -0.1) is 0 Å². The van der Waals surface area contributed by atoms with Crippen molar-refractivity contribution in [2.24, 2.45) is 0 Å². The van der Waals surface area contributed by atoms with E-state index in [2.05, 4.69) is 4.65 Å². The van der Waals surface area contributed by atoms with Crippen LogP contribution in [0.2, 0.25) is 0 Å². The zero-order valence-corrected chi connectivity index (χ0v) is 10.9. The zero-order chi connectivity index (χ0) is 14.5. The second-order valence-corrected chi connectivity index (χ2v) is 4.31. The van der Waals surface area contributed by atoms with Crippen molar-refractivity contribution in [3.8, 4) is 5.75 Å². The lowest BCUT2D eigenvalue weighted by molar-refractivity contribution is 0.421. The molecular formula is C15H13BF2O2. The molecule has 0 heterocycles. The third-order valence-corrected chi connectivity index (χ3v) is 2.75. The molecule has 1 aromatic carbocycles. The molecule has 20 heavy (non-hydrogen) atoms. The van der Waals surface area contributed by atoms with Gasteiger partial charge in [0.25, 0.3) is 0 Å². The van der Waals surface area contributed by atoms with Crippen LogP contribution in [0.4, 0.5) is 8.63 Å². The third-order valence-electron chi connectivity index (χ3n) is 2.75. The van der Waals surface area contributed by atoms with Gasteiger partial charge < -0.3 is 9.76 Å². The summed E-state index contributed by atoms with van der Waals surface area (Å²) in [6.07, 6.45) is 10.6. The van der Waals surface area contributed by atoms with Crippen molar-refractivity contribution >= 4 is 13.2 Å². The minimum atomic E-state index is -2.93. The van der Waals surface area contributed by atoms with Crippen LogP contribution >= 0.6 is 0 Å². The van der Waals surface area contributed by atoms with E-state index in [-0.39, 0.29) is 17.1 Å². The van der Waals surface area contributed by atoms with Crippen LogP contribution in [-0.2, 0) is 0 Å². The number of halogens is 2.